The largest absolute Gasteiger partial charge is 0.487 e. The molecule has 24 heavy (non-hydrogen) atoms. The molecule has 1 atom stereocenters. The van der Waals surface area contributed by atoms with Gasteiger partial charge in [-0.3, -0.25) is 4.90 Å². The smallest absolute Gasteiger partial charge is 0.142 e. The summed E-state index contributed by atoms with van der Waals surface area (Å²) in [6.07, 6.45) is 1.17. The van der Waals surface area contributed by atoms with Crippen molar-refractivity contribution in [3.05, 3.63) is 59.7 Å². The Morgan fingerprint density at radius 1 is 1.12 bits per heavy atom. The summed E-state index contributed by atoms with van der Waals surface area (Å²) in [7, 11) is 0. The van der Waals surface area contributed by atoms with Crippen molar-refractivity contribution in [2.75, 3.05) is 31.6 Å². The van der Waals surface area contributed by atoms with E-state index in [0.717, 1.165) is 37.5 Å². The Labute approximate surface area is 144 Å². The number of ether oxygens (including phenoxy) is 1. The molecule has 4 nitrogen and oxygen atoms in total. The van der Waals surface area contributed by atoms with Gasteiger partial charge in [0.2, 0.25) is 0 Å². The molecular weight excluding hydrogens is 300 g/mol. The standard InChI is InChI=1S/C20H26N2O2/c1-16-14-21-19-13-17(7-8-20(19)24-16)9-10-22(11-12-23)15-18-5-3-2-4-6-18/h2-8,13,16,21,23H,9-12,14-15H2,1H3. The molecule has 0 radical (unpaired) electrons. The molecule has 128 valence electrons. The van der Waals surface area contributed by atoms with Crippen LogP contribution in [0, 0.1) is 0 Å². The molecule has 2 aromatic carbocycles. The fraction of sp³-hybridized carbons (Fsp3) is 0.400. The maximum absolute atomic E-state index is 9.33. The van der Waals surface area contributed by atoms with Crippen molar-refractivity contribution in [2.45, 2.75) is 26.0 Å². The first-order valence-electron chi connectivity index (χ1n) is 8.65. The van der Waals surface area contributed by atoms with E-state index in [2.05, 4.69) is 59.6 Å². The number of nitrogens with one attached hydrogen (secondary N) is 1. The number of fused-ring (bicyclic) bond motifs is 1. The molecule has 0 saturated carbocycles. The third-order valence-electron chi connectivity index (χ3n) is 4.33. The van der Waals surface area contributed by atoms with Gasteiger partial charge in [-0.1, -0.05) is 36.4 Å². The fourth-order valence-electron chi connectivity index (χ4n) is 3.03. The van der Waals surface area contributed by atoms with E-state index < -0.39 is 0 Å². The predicted molar refractivity (Wildman–Crippen MR) is 97.5 cm³/mol. The Hall–Kier alpha value is -2.04. The minimum absolute atomic E-state index is 0.185. The summed E-state index contributed by atoms with van der Waals surface area (Å²) in [6.45, 7) is 5.58. The van der Waals surface area contributed by atoms with Gasteiger partial charge in [-0.05, 0) is 36.6 Å². The van der Waals surface area contributed by atoms with Gasteiger partial charge in [0.05, 0.1) is 18.8 Å². The summed E-state index contributed by atoms with van der Waals surface area (Å²) in [5.74, 6) is 0.939. The molecule has 1 aliphatic rings. The highest BCUT2D eigenvalue weighted by Gasteiger charge is 2.15. The molecular formula is C20H26N2O2. The Kier molecular flexibility index (Phi) is 5.72. The van der Waals surface area contributed by atoms with Crippen LogP contribution in [0.5, 0.6) is 5.75 Å². The number of aliphatic hydroxyl groups excluding tert-OH is 1. The second kappa shape index (κ2) is 8.18. The molecule has 0 fully saturated rings. The Bertz CT molecular complexity index is 645. The zero-order valence-electron chi connectivity index (χ0n) is 14.2. The number of hydrogen-bond donors (Lipinski definition) is 2. The molecule has 3 rings (SSSR count). The molecule has 0 saturated heterocycles. The highest BCUT2D eigenvalue weighted by molar-refractivity contribution is 5.59. The molecule has 0 amide bonds. The second-order valence-electron chi connectivity index (χ2n) is 6.38. The van der Waals surface area contributed by atoms with E-state index in [4.69, 9.17) is 4.74 Å². The van der Waals surface area contributed by atoms with Crippen LogP contribution in [0.15, 0.2) is 48.5 Å². The van der Waals surface area contributed by atoms with Gasteiger partial charge in [0.25, 0.3) is 0 Å². The third kappa shape index (κ3) is 4.49. The summed E-state index contributed by atoms with van der Waals surface area (Å²) in [5.41, 5.74) is 3.65. The normalized spacial score (nSPS) is 16.4. The van der Waals surface area contributed by atoms with Gasteiger partial charge >= 0.3 is 0 Å². The van der Waals surface area contributed by atoms with Crippen LogP contribution in [0.2, 0.25) is 0 Å². The fourth-order valence-corrected chi connectivity index (χ4v) is 3.03. The van der Waals surface area contributed by atoms with Crippen LogP contribution in [0.3, 0.4) is 0 Å². The van der Waals surface area contributed by atoms with Crippen LogP contribution in [-0.2, 0) is 13.0 Å². The summed E-state index contributed by atoms with van der Waals surface area (Å²) in [4.78, 5) is 2.29. The van der Waals surface area contributed by atoms with Crippen molar-refractivity contribution in [1.82, 2.24) is 4.90 Å². The lowest BCUT2D eigenvalue weighted by molar-refractivity contribution is 0.191. The lowest BCUT2D eigenvalue weighted by Gasteiger charge is -2.26. The molecule has 2 aromatic rings. The maximum Gasteiger partial charge on any atom is 0.142 e. The van der Waals surface area contributed by atoms with Crippen molar-refractivity contribution < 1.29 is 9.84 Å². The summed E-state index contributed by atoms with van der Waals surface area (Å²) in [5, 5.41) is 12.8. The Balaban J connectivity index is 1.60. The van der Waals surface area contributed by atoms with Crippen molar-refractivity contribution in [3.8, 4) is 5.75 Å². The molecule has 4 heteroatoms. The first-order chi connectivity index (χ1) is 11.7. The van der Waals surface area contributed by atoms with Crippen molar-refractivity contribution in [2.24, 2.45) is 0 Å². The number of anilines is 1. The van der Waals surface area contributed by atoms with E-state index in [1.807, 2.05) is 6.07 Å². The van der Waals surface area contributed by atoms with Gasteiger partial charge in [-0.2, -0.15) is 0 Å². The Morgan fingerprint density at radius 3 is 2.75 bits per heavy atom. The van der Waals surface area contributed by atoms with Crippen LogP contribution in [0.25, 0.3) is 0 Å². The van der Waals surface area contributed by atoms with Crippen LogP contribution in [0.1, 0.15) is 18.1 Å². The summed E-state index contributed by atoms with van der Waals surface area (Å²) < 4.78 is 5.82. The molecule has 0 aliphatic carbocycles. The zero-order chi connectivity index (χ0) is 16.8. The summed E-state index contributed by atoms with van der Waals surface area (Å²) >= 11 is 0. The monoisotopic (exact) mass is 326 g/mol. The van der Waals surface area contributed by atoms with Gasteiger partial charge in [0, 0.05) is 19.6 Å². The van der Waals surface area contributed by atoms with Gasteiger partial charge < -0.3 is 15.2 Å². The van der Waals surface area contributed by atoms with Gasteiger partial charge in [-0.25, -0.2) is 0 Å². The van der Waals surface area contributed by atoms with Crippen LogP contribution in [0.4, 0.5) is 5.69 Å². The highest BCUT2D eigenvalue weighted by atomic mass is 16.5. The van der Waals surface area contributed by atoms with E-state index in [0.29, 0.717) is 6.54 Å². The first-order valence-corrected chi connectivity index (χ1v) is 8.65. The van der Waals surface area contributed by atoms with E-state index in [-0.39, 0.29) is 12.7 Å². The topological polar surface area (TPSA) is 44.7 Å². The number of hydrogen-bond acceptors (Lipinski definition) is 4. The molecule has 2 N–H and O–H groups in total. The molecule has 0 spiro atoms. The lowest BCUT2D eigenvalue weighted by Crippen LogP contribution is -2.29. The molecule has 0 bridgehead atoms. The van der Waals surface area contributed by atoms with Crippen LogP contribution in [-0.4, -0.2) is 42.4 Å². The van der Waals surface area contributed by atoms with E-state index >= 15 is 0 Å². The molecule has 1 unspecified atom stereocenters. The zero-order valence-corrected chi connectivity index (χ0v) is 14.2. The average molecular weight is 326 g/mol. The minimum Gasteiger partial charge on any atom is -0.487 e. The maximum atomic E-state index is 9.33. The highest BCUT2D eigenvalue weighted by Crippen LogP contribution is 2.30. The predicted octanol–water partition coefficient (Wildman–Crippen LogP) is 2.92. The third-order valence-corrected chi connectivity index (χ3v) is 4.33. The first kappa shape index (κ1) is 16.8. The molecule has 1 aliphatic heterocycles. The lowest BCUT2D eigenvalue weighted by atomic mass is 10.1. The summed E-state index contributed by atoms with van der Waals surface area (Å²) in [6, 6.07) is 16.8. The quantitative estimate of drug-likeness (QED) is 0.821. The van der Waals surface area contributed by atoms with E-state index in [1.54, 1.807) is 0 Å². The second-order valence-corrected chi connectivity index (χ2v) is 6.38. The van der Waals surface area contributed by atoms with Crippen LogP contribution >= 0.6 is 0 Å². The number of benzene rings is 2. The van der Waals surface area contributed by atoms with E-state index in [1.165, 1.54) is 11.1 Å². The van der Waals surface area contributed by atoms with Gasteiger partial charge in [-0.15, -0.1) is 0 Å². The van der Waals surface area contributed by atoms with Gasteiger partial charge in [0.15, 0.2) is 0 Å². The van der Waals surface area contributed by atoms with Crippen LogP contribution < -0.4 is 10.1 Å². The average Bonchev–Trinajstić information content (AvgIpc) is 2.61. The Morgan fingerprint density at radius 2 is 1.96 bits per heavy atom. The van der Waals surface area contributed by atoms with Crippen molar-refractivity contribution in [1.29, 1.82) is 0 Å². The van der Waals surface area contributed by atoms with E-state index in [9.17, 15) is 5.11 Å². The number of nitrogens with zero attached hydrogens (tertiary/aromatic N) is 1. The number of rotatable bonds is 7. The van der Waals surface area contributed by atoms with Crippen molar-refractivity contribution in [3.63, 3.8) is 0 Å². The molecule has 1 heterocycles. The SMILES string of the molecule is CC1CNc2cc(CCN(CCO)Cc3ccccc3)ccc2O1. The van der Waals surface area contributed by atoms with Gasteiger partial charge in [0.1, 0.15) is 11.9 Å². The van der Waals surface area contributed by atoms with Crippen molar-refractivity contribution >= 4 is 5.69 Å². The minimum atomic E-state index is 0.185. The molecule has 0 aromatic heterocycles. The number of aliphatic hydroxyl groups is 1.